The van der Waals surface area contributed by atoms with Gasteiger partial charge in [-0.15, -0.1) is 0 Å². The molecule has 0 unspecified atom stereocenters. The highest BCUT2D eigenvalue weighted by atomic mass is 16.5. The topological polar surface area (TPSA) is 70.9 Å². The zero-order valence-electron chi connectivity index (χ0n) is 14.4. The van der Waals surface area contributed by atoms with Crippen LogP contribution >= 0.6 is 0 Å². The molecule has 0 saturated carbocycles. The van der Waals surface area contributed by atoms with Crippen LogP contribution in [0.5, 0.6) is 5.75 Å². The second kappa shape index (κ2) is 8.27. The Morgan fingerprint density at radius 3 is 2.62 bits per heavy atom. The van der Waals surface area contributed by atoms with Crippen molar-refractivity contribution in [1.82, 2.24) is 5.43 Å². The van der Waals surface area contributed by atoms with E-state index in [4.69, 9.17) is 4.74 Å². The number of aliphatic hydroxyl groups excluding tert-OH is 1. The van der Waals surface area contributed by atoms with Gasteiger partial charge in [0.1, 0.15) is 5.75 Å². The maximum atomic E-state index is 12.1. The van der Waals surface area contributed by atoms with Crippen molar-refractivity contribution in [1.29, 1.82) is 0 Å². The van der Waals surface area contributed by atoms with Crippen LogP contribution in [-0.4, -0.2) is 23.8 Å². The fraction of sp³-hybridized carbons (Fsp3) is 0.143. The van der Waals surface area contributed by atoms with Crippen molar-refractivity contribution in [3.63, 3.8) is 0 Å². The third-order valence-corrected chi connectivity index (χ3v) is 3.96. The lowest BCUT2D eigenvalue weighted by Gasteiger charge is -2.11. The summed E-state index contributed by atoms with van der Waals surface area (Å²) in [6.07, 6.45) is 0.273. The quantitative estimate of drug-likeness (QED) is 0.530. The number of fused-ring (bicyclic) bond motifs is 1. The van der Waals surface area contributed by atoms with E-state index in [1.54, 1.807) is 30.5 Å². The average molecular weight is 348 g/mol. The first-order valence-electron chi connectivity index (χ1n) is 8.41. The standard InChI is InChI=1S/C21H20N2O3/c1-2-26-19-13-12-15-8-6-7-11-17(15)18(19)14-22-23-21(25)20(24)16-9-4-3-5-10-16/h3-14,20,24H,2H2,1H3,(H,23,25)/t20-/m1/s1. The van der Waals surface area contributed by atoms with Gasteiger partial charge >= 0.3 is 0 Å². The van der Waals surface area contributed by atoms with Crippen molar-refractivity contribution in [2.24, 2.45) is 5.10 Å². The maximum Gasteiger partial charge on any atom is 0.273 e. The van der Waals surface area contributed by atoms with Crippen LogP contribution in [0.3, 0.4) is 0 Å². The molecule has 1 amide bonds. The normalized spacial score (nSPS) is 12.2. The Morgan fingerprint density at radius 1 is 1.12 bits per heavy atom. The van der Waals surface area contributed by atoms with Gasteiger partial charge in [0, 0.05) is 5.56 Å². The van der Waals surface area contributed by atoms with Gasteiger partial charge in [0.05, 0.1) is 12.8 Å². The molecule has 0 spiro atoms. The summed E-state index contributed by atoms with van der Waals surface area (Å²) in [5.74, 6) is 0.0958. The predicted molar refractivity (Wildman–Crippen MR) is 102 cm³/mol. The van der Waals surface area contributed by atoms with Crippen molar-refractivity contribution in [3.05, 3.63) is 77.9 Å². The molecule has 0 aliphatic carbocycles. The summed E-state index contributed by atoms with van der Waals surface area (Å²) in [5.41, 5.74) is 3.68. The zero-order chi connectivity index (χ0) is 18.4. The second-order valence-electron chi connectivity index (χ2n) is 5.68. The summed E-state index contributed by atoms with van der Waals surface area (Å²) in [6.45, 7) is 2.44. The molecule has 3 aromatic rings. The van der Waals surface area contributed by atoms with Gasteiger partial charge in [-0.05, 0) is 29.3 Å². The lowest BCUT2D eigenvalue weighted by atomic mass is 10.0. The molecule has 3 rings (SSSR count). The number of hydrazone groups is 1. The maximum absolute atomic E-state index is 12.1. The smallest absolute Gasteiger partial charge is 0.273 e. The van der Waals surface area contributed by atoms with Crippen molar-refractivity contribution in [3.8, 4) is 5.75 Å². The first-order chi connectivity index (χ1) is 12.7. The summed E-state index contributed by atoms with van der Waals surface area (Å²) in [6, 6.07) is 20.5. The highest BCUT2D eigenvalue weighted by Gasteiger charge is 2.16. The number of carbonyl (C=O) groups excluding carboxylic acids is 1. The van der Waals surface area contributed by atoms with Crippen LogP contribution in [0.4, 0.5) is 0 Å². The number of carbonyl (C=O) groups is 1. The average Bonchev–Trinajstić information content (AvgIpc) is 2.69. The van der Waals surface area contributed by atoms with Crippen LogP contribution in [0.15, 0.2) is 71.8 Å². The Kier molecular flexibility index (Phi) is 5.61. The van der Waals surface area contributed by atoms with Crippen molar-refractivity contribution >= 4 is 22.9 Å². The summed E-state index contributed by atoms with van der Waals surface area (Å²) < 4.78 is 5.67. The summed E-state index contributed by atoms with van der Waals surface area (Å²) in [4.78, 5) is 12.1. The van der Waals surface area contributed by atoms with Crippen LogP contribution < -0.4 is 10.2 Å². The molecule has 0 heterocycles. The number of aliphatic hydroxyl groups is 1. The Balaban J connectivity index is 1.81. The zero-order valence-corrected chi connectivity index (χ0v) is 14.4. The molecule has 3 aromatic carbocycles. The van der Waals surface area contributed by atoms with E-state index in [1.165, 1.54) is 0 Å². The van der Waals surface area contributed by atoms with E-state index >= 15 is 0 Å². The van der Waals surface area contributed by atoms with Crippen molar-refractivity contribution in [2.45, 2.75) is 13.0 Å². The largest absolute Gasteiger partial charge is 0.493 e. The number of hydrogen-bond acceptors (Lipinski definition) is 4. The lowest BCUT2D eigenvalue weighted by Crippen LogP contribution is -2.25. The van der Waals surface area contributed by atoms with E-state index in [1.807, 2.05) is 49.4 Å². The Bertz CT molecular complexity index is 923. The van der Waals surface area contributed by atoms with Crippen molar-refractivity contribution in [2.75, 3.05) is 6.61 Å². The van der Waals surface area contributed by atoms with Gasteiger partial charge in [-0.25, -0.2) is 5.43 Å². The molecule has 5 heteroatoms. The second-order valence-corrected chi connectivity index (χ2v) is 5.68. The van der Waals surface area contributed by atoms with Gasteiger partial charge in [0.25, 0.3) is 5.91 Å². The minimum absolute atomic E-state index is 0.514. The molecule has 0 aliphatic heterocycles. The molecule has 0 aromatic heterocycles. The number of ether oxygens (including phenoxy) is 1. The molecular formula is C21H20N2O3. The third kappa shape index (κ3) is 3.90. The minimum Gasteiger partial charge on any atom is -0.493 e. The van der Waals surface area contributed by atoms with E-state index in [0.717, 1.165) is 16.3 Å². The molecule has 0 saturated heterocycles. The van der Waals surface area contributed by atoms with Gasteiger partial charge in [0.2, 0.25) is 0 Å². The highest BCUT2D eigenvalue weighted by Crippen LogP contribution is 2.26. The summed E-state index contributed by atoms with van der Waals surface area (Å²) in [5, 5.41) is 16.1. The van der Waals surface area contributed by atoms with Gasteiger partial charge in [-0.3, -0.25) is 4.79 Å². The van der Waals surface area contributed by atoms with Gasteiger partial charge in [-0.2, -0.15) is 5.10 Å². The lowest BCUT2D eigenvalue weighted by molar-refractivity contribution is -0.129. The molecule has 1 atom stereocenters. The molecule has 0 fully saturated rings. The number of rotatable bonds is 6. The fourth-order valence-electron chi connectivity index (χ4n) is 2.70. The number of amides is 1. The van der Waals surface area contributed by atoms with E-state index in [9.17, 15) is 9.90 Å². The van der Waals surface area contributed by atoms with E-state index < -0.39 is 12.0 Å². The van der Waals surface area contributed by atoms with E-state index in [2.05, 4.69) is 10.5 Å². The van der Waals surface area contributed by atoms with Gasteiger partial charge in [-0.1, -0.05) is 60.7 Å². The minimum atomic E-state index is -1.27. The number of nitrogens with zero attached hydrogens (tertiary/aromatic N) is 1. The molecule has 0 aliphatic rings. The van der Waals surface area contributed by atoms with E-state index in [-0.39, 0.29) is 0 Å². The molecule has 26 heavy (non-hydrogen) atoms. The van der Waals surface area contributed by atoms with Crippen LogP contribution in [-0.2, 0) is 4.79 Å². The van der Waals surface area contributed by atoms with Crippen LogP contribution in [0, 0.1) is 0 Å². The van der Waals surface area contributed by atoms with Crippen LogP contribution in [0.25, 0.3) is 10.8 Å². The highest BCUT2D eigenvalue weighted by molar-refractivity contribution is 6.02. The Labute approximate surface area is 151 Å². The van der Waals surface area contributed by atoms with E-state index in [0.29, 0.717) is 17.9 Å². The van der Waals surface area contributed by atoms with Gasteiger partial charge in [0.15, 0.2) is 6.10 Å². The fourth-order valence-corrected chi connectivity index (χ4v) is 2.70. The summed E-state index contributed by atoms with van der Waals surface area (Å²) >= 11 is 0. The molecule has 5 nitrogen and oxygen atoms in total. The molecular weight excluding hydrogens is 328 g/mol. The number of hydrogen-bond donors (Lipinski definition) is 2. The van der Waals surface area contributed by atoms with Crippen molar-refractivity contribution < 1.29 is 14.6 Å². The monoisotopic (exact) mass is 348 g/mol. The molecule has 0 radical (unpaired) electrons. The first kappa shape index (κ1) is 17.6. The molecule has 0 bridgehead atoms. The number of benzene rings is 3. The first-order valence-corrected chi connectivity index (χ1v) is 8.41. The predicted octanol–water partition coefficient (Wildman–Crippen LogP) is 3.42. The van der Waals surface area contributed by atoms with Crippen LogP contribution in [0.2, 0.25) is 0 Å². The Hall–Kier alpha value is -3.18. The number of nitrogens with one attached hydrogen (secondary N) is 1. The SMILES string of the molecule is CCOc1ccc2ccccc2c1C=NNC(=O)[C@H](O)c1ccccc1. The Morgan fingerprint density at radius 2 is 1.85 bits per heavy atom. The molecule has 132 valence electrons. The third-order valence-electron chi connectivity index (χ3n) is 3.96. The van der Waals surface area contributed by atoms with Gasteiger partial charge < -0.3 is 9.84 Å². The van der Waals surface area contributed by atoms with Crippen LogP contribution in [0.1, 0.15) is 24.2 Å². The summed E-state index contributed by atoms with van der Waals surface area (Å²) in [7, 11) is 0. The molecule has 2 N–H and O–H groups in total.